The topological polar surface area (TPSA) is 67.0 Å². The number of rotatable bonds is 4. The maximum Gasteiger partial charge on any atom is 0.249 e. The first kappa shape index (κ1) is 13.8. The van der Waals surface area contributed by atoms with Gasteiger partial charge in [0.15, 0.2) is 17.4 Å². The molecule has 0 unspecified atom stereocenters. The van der Waals surface area contributed by atoms with Gasteiger partial charge in [-0.1, -0.05) is 6.07 Å². The van der Waals surface area contributed by atoms with Crippen molar-refractivity contribution in [3.05, 3.63) is 47.4 Å². The molecule has 2 aromatic rings. The lowest BCUT2D eigenvalue weighted by Gasteiger charge is -2.01. The molecule has 0 bridgehead atoms. The van der Waals surface area contributed by atoms with Gasteiger partial charge in [0.2, 0.25) is 5.91 Å². The van der Waals surface area contributed by atoms with Crippen LogP contribution in [0.3, 0.4) is 0 Å². The van der Waals surface area contributed by atoms with Crippen LogP contribution in [0.5, 0.6) is 5.75 Å². The number of aromatic amines is 1. The van der Waals surface area contributed by atoms with E-state index in [-0.39, 0.29) is 11.7 Å². The van der Waals surface area contributed by atoms with E-state index in [4.69, 9.17) is 4.74 Å². The Morgan fingerprint density at radius 2 is 2.25 bits per heavy atom. The molecule has 0 atom stereocenters. The van der Waals surface area contributed by atoms with Gasteiger partial charge in [0.25, 0.3) is 0 Å². The molecule has 0 saturated carbocycles. The third-order valence-corrected chi connectivity index (χ3v) is 2.56. The number of halogens is 1. The predicted octanol–water partition coefficient (Wildman–Crippen LogP) is 2.52. The van der Waals surface area contributed by atoms with Crippen LogP contribution in [0.15, 0.2) is 30.3 Å². The zero-order chi connectivity index (χ0) is 14.5. The van der Waals surface area contributed by atoms with Crippen molar-refractivity contribution in [2.75, 3.05) is 12.4 Å². The molecular formula is C14H14FN3O2. The smallest absolute Gasteiger partial charge is 0.249 e. The van der Waals surface area contributed by atoms with Gasteiger partial charge in [-0.15, -0.1) is 0 Å². The van der Waals surface area contributed by atoms with Crippen molar-refractivity contribution in [2.45, 2.75) is 6.92 Å². The minimum absolute atomic E-state index is 0.165. The number of nitrogens with zero attached hydrogens (tertiary/aromatic N) is 1. The van der Waals surface area contributed by atoms with Gasteiger partial charge in [-0.25, -0.2) is 4.39 Å². The van der Waals surface area contributed by atoms with Crippen LogP contribution in [-0.4, -0.2) is 23.2 Å². The van der Waals surface area contributed by atoms with E-state index in [0.29, 0.717) is 11.4 Å². The number of ether oxygens (including phenoxy) is 1. The Hall–Kier alpha value is -2.63. The normalized spacial score (nSPS) is 10.8. The van der Waals surface area contributed by atoms with E-state index in [1.54, 1.807) is 12.1 Å². The summed E-state index contributed by atoms with van der Waals surface area (Å²) in [5.41, 5.74) is 1.41. The summed E-state index contributed by atoms with van der Waals surface area (Å²) in [5, 5.41) is 9.18. The molecule has 2 N–H and O–H groups in total. The second-order valence-electron chi connectivity index (χ2n) is 4.15. The van der Waals surface area contributed by atoms with Gasteiger partial charge >= 0.3 is 0 Å². The number of anilines is 1. The van der Waals surface area contributed by atoms with Crippen LogP contribution in [-0.2, 0) is 4.79 Å². The van der Waals surface area contributed by atoms with Gasteiger partial charge in [-0.05, 0) is 30.7 Å². The van der Waals surface area contributed by atoms with Crippen LogP contribution in [0.1, 0.15) is 11.3 Å². The molecule has 0 radical (unpaired) electrons. The third kappa shape index (κ3) is 3.44. The first-order chi connectivity index (χ1) is 9.58. The maximum atomic E-state index is 13.5. The number of hydrogen-bond acceptors (Lipinski definition) is 3. The molecule has 6 heteroatoms. The Kier molecular flexibility index (Phi) is 4.14. The molecule has 0 spiro atoms. The minimum Gasteiger partial charge on any atom is -0.494 e. The number of aromatic nitrogens is 2. The summed E-state index contributed by atoms with van der Waals surface area (Å²) in [6.07, 6.45) is 2.82. The molecule has 1 aromatic carbocycles. The van der Waals surface area contributed by atoms with Crippen molar-refractivity contribution in [1.82, 2.24) is 10.2 Å². The number of benzene rings is 1. The van der Waals surface area contributed by atoms with Gasteiger partial charge in [-0.3, -0.25) is 9.89 Å². The van der Waals surface area contributed by atoms with E-state index in [9.17, 15) is 9.18 Å². The number of carbonyl (C=O) groups is 1. The van der Waals surface area contributed by atoms with Crippen LogP contribution in [0.4, 0.5) is 10.2 Å². The number of carbonyl (C=O) groups excluding carboxylic acids is 1. The van der Waals surface area contributed by atoms with Gasteiger partial charge < -0.3 is 10.1 Å². The molecule has 104 valence electrons. The number of hydrogen-bond donors (Lipinski definition) is 2. The Morgan fingerprint density at radius 3 is 2.85 bits per heavy atom. The van der Waals surface area contributed by atoms with Crippen LogP contribution in [0.25, 0.3) is 6.08 Å². The number of nitrogens with one attached hydrogen (secondary N) is 2. The summed E-state index contributed by atoms with van der Waals surface area (Å²) in [4.78, 5) is 11.6. The van der Waals surface area contributed by atoms with Crippen molar-refractivity contribution in [3.63, 3.8) is 0 Å². The second kappa shape index (κ2) is 6.01. The molecule has 0 aliphatic carbocycles. The van der Waals surface area contributed by atoms with Crippen molar-refractivity contribution in [2.24, 2.45) is 0 Å². The fourth-order valence-electron chi connectivity index (χ4n) is 1.61. The minimum atomic E-state index is -0.474. The van der Waals surface area contributed by atoms with E-state index >= 15 is 0 Å². The predicted molar refractivity (Wildman–Crippen MR) is 73.9 cm³/mol. The van der Waals surface area contributed by atoms with E-state index in [1.165, 1.54) is 31.4 Å². The lowest BCUT2D eigenvalue weighted by molar-refractivity contribution is -0.111. The Labute approximate surface area is 115 Å². The van der Waals surface area contributed by atoms with Crippen LogP contribution in [0, 0.1) is 12.7 Å². The molecule has 20 heavy (non-hydrogen) atoms. The lowest BCUT2D eigenvalue weighted by atomic mass is 10.2. The quantitative estimate of drug-likeness (QED) is 0.842. The molecule has 1 amide bonds. The first-order valence-corrected chi connectivity index (χ1v) is 5.93. The fraction of sp³-hybridized carbons (Fsp3) is 0.143. The highest BCUT2D eigenvalue weighted by Gasteiger charge is 2.03. The standard InChI is InChI=1S/C14H14FN3O2/c1-9-7-13(18-17-9)16-14(19)6-4-10-3-5-12(20-2)11(15)8-10/h3-8H,1-2H3,(H2,16,17,18,19). The molecule has 0 aliphatic rings. The van der Waals surface area contributed by atoms with E-state index in [1.807, 2.05) is 6.92 Å². The molecule has 5 nitrogen and oxygen atoms in total. The highest BCUT2D eigenvalue weighted by Crippen LogP contribution is 2.18. The fourth-order valence-corrected chi connectivity index (χ4v) is 1.61. The zero-order valence-electron chi connectivity index (χ0n) is 11.1. The summed E-state index contributed by atoms with van der Waals surface area (Å²) >= 11 is 0. The van der Waals surface area contributed by atoms with E-state index in [0.717, 1.165) is 5.69 Å². The molecule has 1 heterocycles. The van der Waals surface area contributed by atoms with E-state index in [2.05, 4.69) is 15.5 Å². The van der Waals surface area contributed by atoms with E-state index < -0.39 is 5.82 Å². The number of methoxy groups -OCH3 is 1. The van der Waals surface area contributed by atoms with Crippen molar-refractivity contribution in [3.8, 4) is 5.75 Å². The number of H-pyrrole nitrogens is 1. The Bertz CT molecular complexity index is 650. The van der Waals surface area contributed by atoms with Gasteiger partial charge in [0, 0.05) is 17.8 Å². The summed E-state index contributed by atoms with van der Waals surface area (Å²) in [6, 6.07) is 6.16. The van der Waals surface area contributed by atoms with Crippen molar-refractivity contribution >= 4 is 17.8 Å². The number of aryl methyl sites for hydroxylation is 1. The lowest BCUT2D eigenvalue weighted by Crippen LogP contribution is -2.07. The second-order valence-corrected chi connectivity index (χ2v) is 4.15. The first-order valence-electron chi connectivity index (χ1n) is 5.93. The van der Waals surface area contributed by atoms with Crippen LogP contribution in [0.2, 0.25) is 0 Å². The average Bonchev–Trinajstić information content (AvgIpc) is 2.82. The molecule has 1 aromatic heterocycles. The van der Waals surface area contributed by atoms with Gasteiger partial charge in [0.05, 0.1) is 7.11 Å². The zero-order valence-corrected chi connectivity index (χ0v) is 11.1. The average molecular weight is 275 g/mol. The molecular weight excluding hydrogens is 261 g/mol. The van der Waals surface area contributed by atoms with Crippen molar-refractivity contribution < 1.29 is 13.9 Å². The molecule has 2 rings (SSSR count). The van der Waals surface area contributed by atoms with Crippen LogP contribution < -0.4 is 10.1 Å². The number of amides is 1. The Balaban J connectivity index is 2.01. The van der Waals surface area contributed by atoms with Crippen LogP contribution >= 0.6 is 0 Å². The summed E-state index contributed by atoms with van der Waals surface area (Å²) in [6.45, 7) is 1.83. The summed E-state index contributed by atoms with van der Waals surface area (Å²) in [7, 11) is 1.40. The van der Waals surface area contributed by atoms with Gasteiger partial charge in [0.1, 0.15) is 0 Å². The summed E-state index contributed by atoms with van der Waals surface area (Å²) in [5.74, 6) is -0.206. The molecule has 0 aliphatic heterocycles. The maximum absolute atomic E-state index is 13.5. The van der Waals surface area contributed by atoms with Gasteiger partial charge in [-0.2, -0.15) is 5.10 Å². The Morgan fingerprint density at radius 1 is 1.45 bits per heavy atom. The third-order valence-electron chi connectivity index (χ3n) is 2.56. The SMILES string of the molecule is COc1ccc(C=CC(=O)Nc2cc(C)[nH]n2)cc1F. The summed E-state index contributed by atoms with van der Waals surface area (Å²) < 4.78 is 18.3. The van der Waals surface area contributed by atoms with Crippen molar-refractivity contribution in [1.29, 1.82) is 0 Å². The molecule has 0 fully saturated rings. The monoisotopic (exact) mass is 275 g/mol. The highest BCUT2D eigenvalue weighted by molar-refractivity contribution is 6.01. The largest absolute Gasteiger partial charge is 0.494 e. The highest BCUT2D eigenvalue weighted by atomic mass is 19.1. The molecule has 0 saturated heterocycles.